The molecule has 1 atom stereocenters. The maximum Gasteiger partial charge on any atom is 0.306 e. The quantitative estimate of drug-likeness (QED) is 0.0262. The monoisotopic (exact) mass is 929 g/mol. The first-order valence-electron chi connectivity index (χ1n) is 27.5. The number of unbranched alkanes of at least 4 members (excludes halogenated alkanes) is 25. The first kappa shape index (κ1) is 63.1. The van der Waals surface area contributed by atoms with Crippen LogP contribution in [0.1, 0.15) is 239 Å². The lowest BCUT2D eigenvalue weighted by molar-refractivity contribution is -0.167. The van der Waals surface area contributed by atoms with Crippen molar-refractivity contribution in [3.63, 3.8) is 0 Å². The highest BCUT2D eigenvalue weighted by atomic mass is 16.6. The SMILES string of the molecule is CC\C=C/C=C\C=C/C=C\C=C/CCCCCC(=O)OCC(COC(=O)CCCCCCC/C=C\C=C/CCCCCCCCC)OC(=O)CCCCC/C=C\C=C/CCCCCCCCC. The van der Waals surface area contributed by atoms with E-state index in [1.807, 2.05) is 48.6 Å². The summed E-state index contributed by atoms with van der Waals surface area (Å²) in [6.45, 7) is 6.41. The molecule has 0 spiro atoms. The average molecular weight is 929 g/mol. The van der Waals surface area contributed by atoms with E-state index in [1.165, 1.54) is 96.3 Å². The van der Waals surface area contributed by atoms with Crippen molar-refractivity contribution in [2.45, 2.75) is 245 Å². The zero-order valence-corrected chi connectivity index (χ0v) is 43.4. The summed E-state index contributed by atoms with van der Waals surface area (Å²) in [5.41, 5.74) is 0. The molecule has 6 heteroatoms. The number of hydrogen-bond acceptors (Lipinski definition) is 6. The maximum atomic E-state index is 12.8. The van der Waals surface area contributed by atoms with Gasteiger partial charge >= 0.3 is 17.9 Å². The third-order valence-corrected chi connectivity index (χ3v) is 11.4. The lowest BCUT2D eigenvalue weighted by atomic mass is 10.1. The molecule has 0 fully saturated rings. The predicted molar refractivity (Wildman–Crippen MR) is 288 cm³/mol. The molecule has 0 amide bonds. The topological polar surface area (TPSA) is 78.9 Å². The Morgan fingerprint density at radius 2 is 0.582 bits per heavy atom. The number of allylic oxidation sites excluding steroid dienone is 18. The second-order valence-corrected chi connectivity index (χ2v) is 17.9. The minimum Gasteiger partial charge on any atom is -0.462 e. The molecule has 0 aliphatic rings. The van der Waals surface area contributed by atoms with Gasteiger partial charge in [0.25, 0.3) is 0 Å². The fourth-order valence-electron chi connectivity index (χ4n) is 7.27. The van der Waals surface area contributed by atoms with E-state index in [9.17, 15) is 14.4 Å². The average Bonchev–Trinajstić information content (AvgIpc) is 3.33. The van der Waals surface area contributed by atoms with Gasteiger partial charge in [0.05, 0.1) is 0 Å². The Labute approximate surface area is 412 Å². The first-order valence-corrected chi connectivity index (χ1v) is 27.5. The summed E-state index contributed by atoms with van der Waals surface area (Å²) in [5, 5.41) is 0. The zero-order chi connectivity index (χ0) is 48.6. The van der Waals surface area contributed by atoms with Crippen molar-refractivity contribution in [3.05, 3.63) is 109 Å². The highest BCUT2D eigenvalue weighted by molar-refractivity contribution is 5.71. The Bertz CT molecular complexity index is 1390. The van der Waals surface area contributed by atoms with Crippen LogP contribution in [-0.4, -0.2) is 37.2 Å². The van der Waals surface area contributed by atoms with E-state index in [1.54, 1.807) is 0 Å². The summed E-state index contributed by atoms with van der Waals surface area (Å²) in [6, 6.07) is 0. The van der Waals surface area contributed by atoms with Crippen molar-refractivity contribution < 1.29 is 28.6 Å². The van der Waals surface area contributed by atoms with Gasteiger partial charge in [0.15, 0.2) is 6.10 Å². The van der Waals surface area contributed by atoms with Gasteiger partial charge in [-0.25, -0.2) is 0 Å². The van der Waals surface area contributed by atoms with E-state index < -0.39 is 6.10 Å². The molecule has 0 saturated carbocycles. The van der Waals surface area contributed by atoms with Gasteiger partial charge in [-0.15, -0.1) is 0 Å². The van der Waals surface area contributed by atoms with Crippen LogP contribution in [0.5, 0.6) is 0 Å². The lowest BCUT2D eigenvalue weighted by Gasteiger charge is -2.18. The summed E-state index contributed by atoms with van der Waals surface area (Å²) in [7, 11) is 0. The van der Waals surface area contributed by atoms with Gasteiger partial charge in [0, 0.05) is 19.3 Å². The normalized spacial score (nSPS) is 12.9. The molecular weight excluding hydrogens is 829 g/mol. The molecule has 0 heterocycles. The number of hydrogen-bond donors (Lipinski definition) is 0. The van der Waals surface area contributed by atoms with Crippen LogP contribution in [0.3, 0.4) is 0 Å². The van der Waals surface area contributed by atoms with Crippen LogP contribution in [-0.2, 0) is 28.6 Å². The van der Waals surface area contributed by atoms with E-state index in [0.29, 0.717) is 12.8 Å². The maximum absolute atomic E-state index is 12.8. The molecule has 0 aromatic heterocycles. The Balaban J connectivity index is 4.54. The van der Waals surface area contributed by atoms with Crippen LogP contribution in [0.4, 0.5) is 0 Å². The Kier molecular flexibility index (Phi) is 51.5. The molecule has 6 nitrogen and oxygen atoms in total. The Morgan fingerprint density at radius 1 is 0.313 bits per heavy atom. The number of carbonyl (C=O) groups is 3. The molecule has 67 heavy (non-hydrogen) atoms. The molecule has 1 unspecified atom stereocenters. The number of carbonyl (C=O) groups excluding carboxylic acids is 3. The van der Waals surface area contributed by atoms with Gasteiger partial charge in [0.1, 0.15) is 13.2 Å². The van der Waals surface area contributed by atoms with Gasteiger partial charge in [-0.2, -0.15) is 0 Å². The van der Waals surface area contributed by atoms with E-state index in [-0.39, 0.29) is 37.5 Å². The van der Waals surface area contributed by atoms with Gasteiger partial charge in [-0.05, 0) is 89.9 Å². The van der Waals surface area contributed by atoms with Crippen molar-refractivity contribution in [3.8, 4) is 0 Å². The largest absolute Gasteiger partial charge is 0.462 e. The third kappa shape index (κ3) is 52.9. The molecule has 0 radical (unpaired) electrons. The van der Waals surface area contributed by atoms with Crippen LogP contribution < -0.4 is 0 Å². The van der Waals surface area contributed by atoms with E-state index in [0.717, 1.165) is 103 Å². The fraction of sp³-hybridized carbons (Fsp3) is 0.656. The third-order valence-electron chi connectivity index (χ3n) is 11.4. The van der Waals surface area contributed by atoms with Crippen molar-refractivity contribution in [1.29, 1.82) is 0 Å². The highest BCUT2D eigenvalue weighted by Crippen LogP contribution is 2.13. The molecule has 0 saturated heterocycles. The van der Waals surface area contributed by atoms with Crippen LogP contribution in [0.25, 0.3) is 0 Å². The number of esters is 3. The second kappa shape index (κ2) is 54.7. The smallest absolute Gasteiger partial charge is 0.306 e. The minimum atomic E-state index is -0.818. The van der Waals surface area contributed by atoms with Gasteiger partial charge in [-0.3, -0.25) is 14.4 Å². The standard InChI is InChI=1S/C61H100O6/c1-4-7-10-13-16-19-22-25-28-30-31-34-36-39-42-45-48-51-54-60(63)66-57-58(56-65-59(62)53-50-47-44-41-38-35-32-27-24-21-18-15-12-9-6-3)67-61(64)55-52-49-46-43-40-37-33-29-26-23-20-17-14-11-8-5-2/h9,12,15,18,21,24,27-35,37-38,40,58H,4-8,10-11,13-14,16-17,19-20,22-23,25-26,36,39,41-57H2,1-3H3/b12-9-,18-15-,24-21-,30-28-,32-27-,33-29-,34-31-,38-35-,40-37-. The summed E-state index contributed by atoms with van der Waals surface area (Å²) in [4.78, 5) is 38.1. The molecule has 0 aromatic rings. The fourth-order valence-corrected chi connectivity index (χ4v) is 7.27. The predicted octanol–water partition coefficient (Wildman–Crippen LogP) is 18.3. The Hall–Kier alpha value is -3.93. The number of rotatable bonds is 48. The van der Waals surface area contributed by atoms with Crippen molar-refractivity contribution >= 4 is 17.9 Å². The van der Waals surface area contributed by atoms with Crippen molar-refractivity contribution in [2.24, 2.45) is 0 Å². The van der Waals surface area contributed by atoms with Gasteiger partial charge in [0.2, 0.25) is 0 Å². The molecular formula is C61H100O6. The summed E-state index contributed by atoms with van der Waals surface area (Å²) >= 11 is 0. The van der Waals surface area contributed by atoms with Crippen molar-refractivity contribution in [2.75, 3.05) is 13.2 Å². The molecule has 0 aliphatic heterocycles. The van der Waals surface area contributed by atoms with Crippen LogP contribution >= 0.6 is 0 Å². The first-order chi connectivity index (χ1) is 33.0. The van der Waals surface area contributed by atoms with E-state index >= 15 is 0 Å². The highest BCUT2D eigenvalue weighted by Gasteiger charge is 2.19. The number of ether oxygens (including phenoxy) is 3. The van der Waals surface area contributed by atoms with Crippen LogP contribution in [0.2, 0.25) is 0 Å². The van der Waals surface area contributed by atoms with Gasteiger partial charge < -0.3 is 14.2 Å². The summed E-state index contributed by atoms with van der Waals surface area (Å²) < 4.78 is 16.8. The second-order valence-electron chi connectivity index (χ2n) is 17.9. The molecule has 0 aromatic carbocycles. The lowest BCUT2D eigenvalue weighted by Crippen LogP contribution is -2.30. The molecule has 380 valence electrons. The van der Waals surface area contributed by atoms with Crippen LogP contribution in [0.15, 0.2) is 109 Å². The molecule has 0 rings (SSSR count). The van der Waals surface area contributed by atoms with Crippen LogP contribution in [0, 0.1) is 0 Å². The van der Waals surface area contributed by atoms with E-state index in [2.05, 4.69) is 81.5 Å². The van der Waals surface area contributed by atoms with Crippen molar-refractivity contribution in [1.82, 2.24) is 0 Å². The molecule has 0 bridgehead atoms. The van der Waals surface area contributed by atoms with E-state index in [4.69, 9.17) is 14.2 Å². The zero-order valence-electron chi connectivity index (χ0n) is 43.4. The summed E-state index contributed by atoms with van der Waals surface area (Å²) in [6.07, 6.45) is 73.6. The van der Waals surface area contributed by atoms with Gasteiger partial charge in [-0.1, -0.05) is 239 Å². The minimum absolute atomic E-state index is 0.113. The molecule has 0 aliphatic carbocycles. The molecule has 0 N–H and O–H groups in total. The Morgan fingerprint density at radius 3 is 0.940 bits per heavy atom. The summed E-state index contributed by atoms with van der Waals surface area (Å²) in [5.74, 6) is -0.998.